The van der Waals surface area contributed by atoms with Crippen LogP contribution in [0.2, 0.25) is 0 Å². The molecule has 1 N–H and O–H groups in total. The van der Waals surface area contributed by atoms with Gasteiger partial charge in [-0.05, 0) is 74.1 Å². The van der Waals surface area contributed by atoms with Gasteiger partial charge in [0, 0.05) is 10.0 Å². The highest BCUT2D eigenvalue weighted by atomic mass is 79.9. The van der Waals surface area contributed by atoms with Crippen molar-refractivity contribution in [2.24, 2.45) is 4.99 Å². The Morgan fingerprint density at radius 1 is 0.967 bits per heavy atom. The second-order valence-corrected chi connectivity index (χ2v) is 8.94. The Bertz CT molecular complexity index is 1170. The summed E-state index contributed by atoms with van der Waals surface area (Å²) in [6, 6.07) is 20.8. The normalized spacial score (nSPS) is 16.6. The molecule has 0 bridgehead atoms. The number of carbonyl (C=O) groups excluding carboxylic acids is 1. The fourth-order valence-corrected chi connectivity index (χ4v) is 4.35. The zero-order chi connectivity index (χ0) is 21.3. The van der Waals surface area contributed by atoms with Crippen molar-refractivity contribution in [3.05, 3.63) is 92.8 Å². The van der Waals surface area contributed by atoms with E-state index in [9.17, 15) is 9.90 Å². The monoisotopic (exact) mass is 478 g/mol. The van der Waals surface area contributed by atoms with Crippen LogP contribution in [0.3, 0.4) is 0 Å². The first-order chi connectivity index (χ1) is 14.4. The number of phenolic OH excluding ortho intramolecular Hbond substituents is 1. The minimum Gasteiger partial charge on any atom is -0.507 e. The number of hydrogen-bond donors (Lipinski definition) is 1. The van der Waals surface area contributed by atoms with E-state index in [-0.39, 0.29) is 11.7 Å². The first-order valence-corrected chi connectivity index (χ1v) is 11.0. The number of carbonyl (C=O) groups is 1. The second kappa shape index (κ2) is 8.50. The van der Waals surface area contributed by atoms with Gasteiger partial charge in [-0.2, -0.15) is 0 Å². The Balaban J connectivity index is 1.79. The van der Waals surface area contributed by atoms with E-state index in [4.69, 9.17) is 4.99 Å². The van der Waals surface area contributed by atoms with Crippen LogP contribution in [0.25, 0.3) is 6.08 Å². The van der Waals surface area contributed by atoms with Crippen molar-refractivity contribution in [3.8, 4) is 5.75 Å². The van der Waals surface area contributed by atoms with Crippen molar-refractivity contribution in [2.75, 3.05) is 4.90 Å². The lowest BCUT2D eigenvalue weighted by molar-refractivity contribution is -0.113. The standard InChI is InChI=1S/C24H19BrN2O2S/c1-15-3-8-19(9-4-15)26-24-27(20-10-5-16(2)6-11-20)23(29)22(30-24)14-17-13-18(25)7-12-21(17)28/h3-14,28H,1-2H3/b22-14+,26-24?. The number of rotatable bonds is 3. The number of halogens is 1. The maximum absolute atomic E-state index is 13.3. The maximum Gasteiger partial charge on any atom is 0.271 e. The Kier molecular flexibility index (Phi) is 5.79. The first-order valence-electron chi connectivity index (χ1n) is 9.35. The summed E-state index contributed by atoms with van der Waals surface area (Å²) < 4.78 is 0.825. The molecular formula is C24H19BrN2O2S. The van der Waals surface area contributed by atoms with E-state index in [1.165, 1.54) is 11.8 Å². The summed E-state index contributed by atoms with van der Waals surface area (Å²) in [4.78, 5) is 20.2. The third kappa shape index (κ3) is 4.35. The van der Waals surface area contributed by atoms with E-state index in [0.717, 1.165) is 27.0 Å². The van der Waals surface area contributed by atoms with E-state index in [1.807, 2.05) is 62.4 Å². The van der Waals surface area contributed by atoms with Gasteiger partial charge in [-0.1, -0.05) is 51.3 Å². The van der Waals surface area contributed by atoms with Crippen LogP contribution >= 0.6 is 27.7 Å². The molecule has 0 atom stereocenters. The van der Waals surface area contributed by atoms with Crippen LogP contribution in [0, 0.1) is 13.8 Å². The van der Waals surface area contributed by atoms with E-state index in [1.54, 1.807) is 29.2 Å². The summed E-state index contributed by atoms with van der Waals surface area (Å²) in [5.74, 6) is -0.0565. The molecule has 0 spiro atoms. The van der Waals surface area contributed by atoms with Gasteiger partial charge in [0.1, 0.15) is 5.75 Å². The summed E-state index contributed by atoms with van der Waals surface area (Å²) in [6.45, 7) is 4.03. The molecule has 0 unspecified atom stereocenters. The lowest BCUT2D eigenvalue weighted by Crippen LogP contribution is -2.28. The lowest BCUT2D eigenvalue weighted by Gasteiger charge is -2.16. The number of hydrogen-bond acceptors (Lipinski definition) is 4. The Morgan fingerprint density at radius 2 is 1.60 bits per heavy atom. The molecule has 4 nitrogen and oxygen atoms in total. The molecule has 0 saturated carbocycles. The number of anilines is 1. The number of aromatic hydroxyl groups is 1. The molecule has 1 amide bonds. The van der Waals surface area contributed by atoms with Crippen LogP contribution in [0.15, 0.2) is 81.1 Å². The molecule has 3 aromatic rings. The molecule has 1 aliphatic heterocycles. The van der Waals surface area contributed by atoms with Gasteiger partial charge >= 0.3 is 0 Å². The number of nitrogens with zero attached hydrogens (tertiary/aromatic N) is 2. The van der Waals surface area contributed by atoms with Crippen molar-refractivity contribution >= 4 is 56.2 Å². The number of aryl methyl sites for hydroxylation is 2. The van der Waals surface area contributed by atoms with Crippen molar-refractivity contribution < 1.29 is 9.90 Å². The topological polar surface area (TPSA) is 52.9 Å². The second-order valence-electron chi connectivity index (χ2n) is 7.02. The highest BCUT2D eigenvalue weighted by Gasteiger charge is 2.35. The number of thioether (sulfide) groups is 1. The summed E-state index contributed by atoms with van der Waals surface area (Å²) >= 11 is 4.71. The van der Waals surface area contributed by atoms with Crippen LogP contribution in [0.1, 0.15) is 16.7 Å². The average molecular weight is 479 g/mol. The fraction of sp³-hybridized carbons (Fsp3) is 0.0833. The van der Waals surface area contributed by atoms with E-state index >= 15 is 0 Å². The van der Waals surface area contributed by atoms with Crippen molar-refractivity contribution in [2.45, 2.75) is 13.8 Å². The predicted molar refractivity (Wildman–Crippen MR) is 128 cm³/mol. The number of amides is 1. The number of phenols is 1. The number of benzene rings is 3. The van der Waals surface area contributed by atoms with Gasteiger partial charge in [-0.15, -0.1) is 0 Å². The zero-order valence-electron chi connectivity index (χ0n) is 16.5. The van der Waals surface area contributed by atoms with Crippen molar-refractivity contribution in [1.29, 1.82) is 0 Å². The van der Waals surface area contributed by atoms with Crippen molar-refractivity contribution in [1.82, 2.24) is 0 Å². The molecule has 1 aliphatic rings. The third-order valence-electron chi connectivity index (χ3n) is 4.63. The smallest absolute Gasteiger partial charge is 0.271 e. The molecule has 1 fully saturated rings. The highest BCUT2D eigenvalue weighted by molar-refractivity contribution is 9.10. The van der Waals surface area contributed by atoms with Crippen molar-refractivity contribution in [3.63, 3.8) is 0 Å². The van der Waals surface area contributed by atoms with E-state index < -0.39 is 0 Å². The van der Waals surface area contributed by atoms with Crippen LogP contribution in [-0.2, 0) is 4.79 Å². The summed E-state index contributed by atoms with van der Waals surface area (Å²) in [6.07, 6.45) is 1.70. The molecule has 1 heterocycles. The van der Waals surface area contributed by atoms with E-state index in [0.29, 0.717) is 15.6 Å². The molecule has 30 heavy (non-hydrogen) atoms. The Labute approximate surface area is 188 Å². The maximum atomic E-state index is 13.3. The van der Waals surface area contributed by atoms with Crippen LogP contribution < -0.4 is 4.90 Å². The van der Waals surface area contributed by atoms with Gasteiger partial charge in [-0.25, -0.2) is 4.99 Å². The van der Waals surface area contributed by atoms with Gasteiger partial charge in [0.25, 0.3) is 5.91 Å². The minimum absolute atomic E-state index is 0.116. The molecule has 150 valence electrons. The number of amidine groups is 1. The number of aliphatic imine (C=N–C) groups is 1. The third-order valence-corrected chi connectivity index (χ3v) is 6.10. The Morgan fingerprint density at radius 3 is 2.27 bits per heavy atom. The first kappa shape index (κ1) is 20.4. The zero-order valence-corrected chi connectivity index (χ0v) is 18.9. The SMILES string of the molecule is Cc1ccc(N=C2S/C(=C/c3cc(Br)ccc3O)C(=O)N2c2ccc(C)cc2)cc1. The molecule has 4 rings (SSSR count). The molecule has 0 aliphatic carbocycles. The average Bonchev–Trinajstić information content (AvgIpc) is 3.02. The predicted octanol–water partition coefficient (Wildman–Crippen LogP) is 6.58. The quantitative estimate of drug-likeness (QED) is 0.432. The van der Waals surface area contributed by atoms with Gasteiger partial charge in [0.15, 0.2) is 5.17 Å². The largest absolute Gasteiger partial charge is 0.507 e. The Hall–Kier alpha value is -2.83. The summed E-state index contributed by atoms with van der Waals surface area (Å²) in [5, 5.41) is 10.8. The van der Waals surface area contributed by atoms with Gasteiger partial charge in [-0.3, -0.25) is 9.69 Å². The summed E-state index contributed by atoms with van der Waals surface area (Å²) in [5.41, 5.74) is 4.37. The van der Waals surface area contributed by atoms with Gasteiger partial charge in [0.05, 0.1) is 16.3 Å². The molecule has 3 aromatic carbocycles. The molecular weight excluding hydrogens is 460 g/mol. The fourth-order valence-electron chi connectivity index (χ4n) is 2.98. The van der Waals surface area contributed by atoms with E-state index in [2.05, 4.69) is 15.9 Å². The highest BCUT2D eigenvalue weighted by Crippen LogP contribution is 2.38. The molecule has 0 aromatic heterocycles. The molecule has 6 heteroatoms. The van der Waals surface area contributed by atoms with Gasteiger partial charge in [0.2, 0.25) is 0 Å². The molecule has 0 radical (unpaired) electrons. The summed E-state index contributed by atoms with van der Waals surface area (Å²) in [7, 11) is 0. The molecule has 1 saturated heterocycles. The van der Waals surface area contributed by atoms with Crippen LogP contribution in [-0.4, -0.2) is 16.2 Å². The van der Waals surface area contributed by atoms with Gasteiger partial charge < -0.3 is 5.11 Å². The lowest BCUT2D eigenvalue weighted by atomic mass is 10.2. The van der Waals surface area contributed by atoms with Crippen LogP contribution in [0.5, 0.6) is 5.75 Å². The van der Waals surface area contributed by atoms with Crippen LogP contribution in [0.4, 0.5) is 11.4 Å². The minimum atomic E-state index is -0.172.